The van der Waals surface area contributed by atoms with Gasteiger partial charge < -0.3 is 9.64 Å². The Hall–Kier alpha value is -0.870. The van der Waals surface area contributed by atoms with E-state index < -0.39 is 0 Å². The van der Waals surface area contributed by atoms with E-state index in [0.29, 0.717) is 17.2 Å². The lowest BCUT2D eigenvalue weighted by atomic mass is 9.90. The fraction of sp³-hybridized carbons (Fsp3) is 0.667. The largest absolute Gasteiger partial charge is 0.374 e. The molecule has 2 aliphatic rings. The lowest BCUT2D eigenvalue weighted by Gasteiger charge is -2.43. The first-order valence-corrected chi connectivity index (χ1v) is 6.58. The second kappa shape index (κ2) is 4.78. The van der Waals surface area contributed by atoms with E-state index in [-0.39, 0.29) is 0 Å². The Balaban J connectivity index is 1.83. The molecule has 3 rings (SSSR count). The molecule has 0 spiro atoms. The molecule has 1 aliphatic heterocycles. The summed E-state index contributed by atoms with van der Waals surface area (Å²) < 4.78 is 5.83. The van der Waals surface area contributed by atoms with Crippen molar-refractivity contribution in [2.45, 2.75) is 37.8 Å². The minimum absolute atomic E-state index is 0.358. The molecule has 1 saturated carbocycles. The predicted molar refractivity (Wildman–Crippen MR) is 66.4 cm³/mol. The molecule has 0 radical (unpaired) electrons. The Labute approximate surface area is 106 Å². The molecule has 2 fully saturated rings. The summed E-state index contributed by atoms with van der Waals surface area (Å²) in [5, 5.41) is 0.585. The second-order valence-electron chi connectivity index (χ2n) is 4.66. The zero-order valence-corrected chi connectivity index (χ0v) is 10.4. The van der Waals surface area contributed by atoms with E-state index in [1.807, 2.05) is 0 Å². The van der Waals surface area contributed by atoms with Crippen LogP contribution in [0.4, 0.5) is 5.95 Å². The summed E-state index contributed by atoms with van der Waals surface area (Å²) in [7, 11) is 0. The van der Waals surface area contributed by atoms with Crippen LogP contribution < -0.4 is 4.90 Å². The fourth-order valence-electron chi connectivity index (χ4n) is 2.80. The maximum Gasteiger partial charge on any atom is 0.225 e. The van der Waals surface area contributed by atoms with Crippen LogP contribution in [-0.2, 0) is 4.74 Å². The second-order valence-corrected chi connectivity index (χ2v) is 5.09. The number of halogens is 1. The third kappa shape index (κ3) is 2.24. The number of morpholine rings is 1. The van der Waals surface area contributed by atoms with E-state index in [0.717, 1.165) is 25.5 Å². The summed E-state index contributed by atoms with van der Waals surface area (Å²) in [5.74, 6) is 0.787. The Bertz CT molecular complexity index is 382. The molecule has 0 bridgehead atoms. The zero-order chi connectivity index (χ0) is 11.7. The molecule has 0 N–H and O–H groups in total. The summed E-state index contributed by atoms with van der Waals surface area (Å²) in [5.41, 5.74) is 0. The van der Waals surface area contributed by atoms with Gasteiger partial charge in [-0.05, 0) is 12.8 Å². The Morgan fingerprint density at radius 1 is 1.24 bits per heavy atom. The van der Waals surface area contributed by atoms with Crippen molar-refractivity contribution >= 4 is 17.5 Å². The van der Waals surface area contributed by atoms with Crippen LogP contribution in [0.1, 0.15) is 25.7 Å². The van der Waals surface area contributed by atoms with Gasteiger partial charge >= 0.3 is 0 Å². The smallest absolute Gasteiger partial charge is 0.225 e. The van der Waals surface area contributed by atoms with Crippen LogP contribution in [0.25, 0.3) is 0 Å². The van der Waals surface area contributed by atoms with Crippen LogP contribution in [0.2, 0.25) is 5.02 Å². The van der Waals surface area contributed by atoms with E-state index >= 15 is 0 Å². The van der Waals surface area contributed by atoms with Crippen LogP contribution in [-0.4, -0.2) is 35.3 Å². The lowest BCUT2D eigenvalue weighted by Crippen LogP contribution is -2.53. The quantitative estimate of drug-likeness (QED) is 0.770. The molecule has 4 nitrogen and oxygen atoms in total. The first-order valence-electron chi connectivity index (χ1n) is 6.20. The van der Waals surface area contributed by atoms with Crippen molar-refractivity contribution in [2.24, 2.45) is 0 Å². The van der Waals surface area contributed by atoms with Crippen molar-refractivity contribution in [3.05, 3.63) is 17.4 Å². The first kappa shape index (κ1) is 11.2. The molecule has 5 heteroatoms. The standard InChI is InChI=1S/C12H16ClN3O/c13-9-7-14-12(15-8-9)16-5-6-17-11-4-2-1-3-10(11)16/h7-8,10-11H,1-6H2/t10-,11-/m1/s1. The maximum absolute atomic E-state index is 5.83. The average molecular weight is 254 g/mol. The highest BCUT2D eigenvalue weighted by Crippen LogP contribution is 2.30. The third-order valence-corrected chi connectivity index (χ3v) is 3.79. The predicted octanol–water partition coefficient (Wildman–Crippen LogP) is 2.28. The third-order valence-electron chi connectivity index (χ3n) is 3.60. The SMILES string of the molecule is Clc1cnc(N2CCO[C@@H]3CCCC[C@H]32)nc1. The van der Waals surface area contributed by atoms with Crippen molar-refractivity contribution in [3.8, 4) is 0 Å². The molecule has 92 valence electrons. The van der Waals surface area contributed by atoms with E-state index in [9.17, 15) is 0 Å². The van der Waals surface area contributed by atoms with Crippen molar-refractivity contribution in [1.82, 2.24) is 9.97 Å². The molecule has 0 aromatic carbocycles. The van der Waals surface area contributed by atoms with Crippen LogP contribution in [0.15, 0.2) is 12.4 Å². The zero-order valence-electron chi connectivity index (χ0n) is 9.68. The van der Waals surface area contributed by atoms with Gasteiger partial charge in [0.05, 0.1) is 36.2 Å². The van der Waals surface area contributed by atoms with E-state index in [2.05, 4.69) is 14.9 Å². The number of nitrogens with zero attached hydrogens (tertiary/aromatic N) is 3. The highest BCUT2D eigenvalue weighted by Gasteiger charge is 2.35. The highest BCUT2D eigenvalue weighted by molar-refractivity contribution is 6.30. The van der Waals surface area contributed by atoms with Crippen LogP contribution in [0.5, 0.6) is 0 Å². The molecule has 1 aliphatic carbocycles. The lowest BCUT2D eigenvalue weighted by molar-refractivity contribution is -0.00932. The van der Waals surface area contributed by atoms with Crippen LogP contribution in [0, 0.1) is 0 Å². The fourth-order valence-corrected chi connectivity index (χ4v) is 2.90. The van der Waals surface area contributed by atoms with Gasteiger partial charge in [0.2, 0.25) is 5.95 Å². The van der Waals surface area contributed by atoms with Crippen molar-refractivity contribution in [1.29, 1.82) is 0 Å². The number of aromatic nitrogens is 2. The van der Waals surface area contributed by atoms with Gasteiger partial charge in [-0.1, -0.05) is 24.4 Å². The number of anilines is 1. The van der Waals surface area contributed by atoms with Gasteiger partial charge in [0, 0.05) is 6.54 Å². The first-order chi connectivity index (χ1) is 8.34. The Morgan fingerprint density at radius 3 is 2.82 bits per heavy atom. The number of hydrogen-bond donors (Lipinski definition) is 0. The van der Waals surface area contributed by atoms with Gasteiger partial charge in [-0.2, -0.15) is 0 Å². The van der Waals surface area contributed by atoms with E-state index in [1.165, 1.54) is 19.3 Å². The summed E-state index contributed by atoms with van der Waals surface area (Å²) in [6.07, 6.45) is 8.57. The number of ether oxygens (including phenoxy) is 1. The topological polar surface area (TPSA) is 38.2 Å². The minimum Gasteiger partial charge on any atom is -0.374 e. The van der Waals surface area contributed by atoms with E-state index in [4.69, 9.17) is 16.3 Å². The summed E-state index contributed by atoms with van der Waals surface area (Å²) in [4.78, 5) is 10.9. The van der Waals surface area contributed by atoms with Gasteiger partial charge in [0.1, 0.15) is 0 Å². The van der Waals surface area contributed by atoms with Crippen molar-refractivity contribution < 1.29 is 4.74 Å². The van der Waals surface area contributed by atoms with Crippen LogP contribution in [0.3, 0.4) is 0 Å². The summed E-state index contributed by atoms with van der Waals surface area (Å²) >= 11 is 5.82. The van der Waals surface area contributed by atoms with Gasteiger partial charge in [-0.25, -0.2) is 9.97 Å². The number of fused-ring (bicyclic) bond motifs is 1. The molecule has 0 amide bonds. The van der Waals surface area contributed by atoms with Crippen molar-refractivity contribution in [2.75, 3.05) is 18.1 Å². The Kier molecular flexibility index (Phi) is 3.16. The number of rotatable bonds is 1. The summed E-state index contributed by atoms with van der Waals surface area (Å²) in [6.45, 7) is 1.65. The monoisotopic (exact) mass is 253 g/mol. The molecular formula is C12H16ClN3O. The van der Waals surface area contributed by atoms with Gasteiger partial charge in [-0.3, -0.25) is 0 Å². The molecule has 1 saturated heterocycles. The maximum atomic E-state index is 5.83. The highest BCUT2D eigenvalue weighted by atomic mass is 35.5. The van der Waals surface area contributed by atoms with Gasteiger partial charge in [0.15, 0.2) is 0 Å². The molecule has 1 aromatic heterocycles. The molecular weight excluding hydrogens is 238 g/mol. The molecule has 1 aromatic rings. The van der Waals surface area contributed by atoms with Gasteiger partial charge in [0.25, 0.3) is 0 Å². The van der Waals surface area contributed by atoms with Crippen LogP contribution >= 0.6 is 11.6 Å². The molecule has 17 heavy (non-hydrogen) atoms. The van der Waals surface area contributed by atoms with Crippen molar-refractivity contribution in [3.63, 3.8) is 0 Å². The Morgan fingerprint density at radius 2 is 2.00 bits per heavy atom. The molecule has 0 unspecified atom stereocenters. The van der Waals surface area contributed by atoms with Gasteiger partial charge in [-0.15, -0.1) is 0 Å². The summed E-state index contributed by atoms with van der Waals surface area (Å²) in [6, 6.07) is 0.443. The molecule has 2 heterocycles. The average Bonchev–Trinajstić information content (AvgIpc) is 2.39. The minimum atomic E-state index is 0.358. The van der Waals surface area contributed by atoms with E-state index in [1.54, 1.807) is 12.4 Å². The number of hydrogen-bond acceptors (Lipinski definition) is 4. The normalized spacial score (nSPS) is 28.9. The molecule has 2 atom stereocenters.